The van der Waals surface area contributed by atoms with Gasteiger partial charge in [0.1, 0.15) is 12.1 Å². The third-order valence-electron chi connectivity index (χ3n) is 5.25. The van der Waals surface area contributed by atoms with Crippen molar-refractivity contribution in [3.63, 3.8) is 0 Å². The summed E-state index contributed by atoms with van der Waals surface area (Å²) < 4.78 is 23.6. The summed E-state index contributed by atoms with van der Waals surface area (Å²) in [6.07, 6.45) is 3.83. The summed E-state index contributed by atoms with van der Waals surface area (Å²) in [5.41, 5.74) is 3.09. The van der Waals surface area contributed by atoms with Crippen LogP contribution < -0.4 is 0 Å². The molecule has 6 nitrogen and oxygen atoms in total. The van der Waals surface area contributed by atoms with Crippen LogP contribution in [0, 0.1) is 19.7 Å². The number of carbonyl (C=O) groups excluding carboxylic acids is 1. The molecule has 0 radical (unpaired) electrons. The molecule has 0 aliphatic carbocycles. The van der Waals surface area contributed by atoms with Crippen molar-refractivity contribution in [2.45, 2.75) is 44.5 Å². The molecule has 0 unspecified atom stereocenters. The van der Waals surface area contributed by atoms with Crippen LogP contribution in [0.5, 0.6) is 0 Å². The Kier molecular flexibility index (Phi) is 5.82. The maximum atomic E-state index is 14.1. The van der Waals surface area contributed by atoms with Crippen molar-refractivity contribution in [1.82, 2.24) is 19.3 Å². The predicted octanol–water partition coefficient (Wildman–Crippen LogP) is 3.98. The average Bonchev–Trinajstić information content (AvgIpc) is 3.44. The van der Waals surface area contributed by atoms with Crippen LogP contribution in [-0.4, -0.2) is 43.6 Å². The molecule has 1 aromatic carbocycles. The number of benzene rings is 1. The highest BCUT2D eigenvalue weighted by molar-refractivity contribution is 7.99. The van der Waals surface area contributed by atoms with E-state index in [1.165, 1.54) is 24.2 Å². The zero-order valence-corrected chi connectivity index (χ0v) is 17.3. The van der Waals surface area contributed by atoms with Gasteiger partial charge in [-0.1, -0.05) is 23.9 Å². The number of ether oxygens (including phenoxy) is 1. The fourth-order valence-corrected chi connectivity index (χ4v) is 4.50. The van der Waals surface area contributed by atoms with E-state index in [1.807, 2.05) is 19.9 Å². The fourth-order valence-electron chi connectivity index (χ4n) is 3.70. The number of hydrogen-bond donors (Lipinski definition) is 0. The van der Waals surface area contributed by atoms with Gasteiger partial charge in [0.15, 0.2) is 10.9 Å². The Balaban J connectivity index is 1.47. The first-order valence-electron chi connectivity index (χ1n) is 9.64. The van der Waals surface area contributed by atoms with Gasteiger partial charge >= 0.3 is 0 Å². The molecule has 152 valence electrons. The highest BCUT2D eigenvalue weighted by Crippen LogP contribution is 2.25. The van der Waals surface area contributed by atoms with Crippen LogP contribution in [0.2, 0.25) is 0 Å². The quantitative estimate of drug-likeness (QED) is 0.432. The molecule has 3 aromatic rings. The number of ketones is 1. The van der Waals surface area contributed by atoms with Crippen LogP contribution in [0.25, 0.3) is 5.69 Å². The summed E-state index contributed by atoms with van der Waals surface area (Å²) in [5.74, 6) is -0.139. The van der Waals surface area contributed by atoms with Crippen LogP contribution >= 0.6 is 11.8 Å². The number of hydrogen-bond acceptors (Lipinski definition) is 5. The fraction of sp³-hybridized carbons (Fsp3) is 0.381. The number of halogens is 1. The molecule has 3 heterocycles. The Hall–Kier alpha value is -2.45. The molecule has 1 aliphatic rings. The molecule has 0 amide bonds. The van der Waals surface area contributed by atoms with Gasteiger partial charge in [0.25, 0.3) is 0 Å². The van der Waals surface area contributed by atoms with E-state index in [4.69, 9.17) is 4.74 Å². The first kappa shape index (κ1) is 19.8. The van der Waals surface area contributed by atoms with Gasteiger partial charge in [0.2, 0.25) is 0 Å². The smallest absolute Gasteiger partial charge is 0.196 e. The summed E-state index contributed by atoms with van der Waals surface area (Å²) in [4.78, 5) is 12.9. The normalized spacial score (nSPS) is 16.4. The van der Waals surface area contributed by atoms with Gasteiger partial charge < -0.3 is 9.30 Å². The first-order valence-corrected chi connectivity index (χ1v) is 10.6. The number of carbonyl (C=O) groups is 1. The average molecular weight is 415 g/mol. The van der Waals surface area contributed by atoms with Crippen LogP contribution in [0.4, 0.5) is 4.39 Å². The van der Waals surface area contributed by atoms with Crippen LogP contribution in [0.1, 0.15) is 34.6 Å². The predicted molar refractivity (Wildman–Crippen MR) is 109 cm³/mol. The molecule has 0 saturated carbocycles. The molecule has 1 atom stereocenters. The van der Waals surface area contributed by atoms with Gasteiger partial charge in [-0.15, -0.1) is 10.2 Å². The molecule has 29 heavy (non-hydrogen) atoms. The largest absolute Gasteiger partial charge is 0.376 e. The van der Waals surface area contributed by atoms with Crippen molar-refractivity contribution in [2.75, 3.05) is 12.4 Å². The van der Waals surface area contributed by atoms with E-state index < -0.39 is 0 Å². The Labute approximate surface area is 173 Å². The number of para-hydroxylation sites is 1. The van der Waals surface area contributed by atoms with Crippen molar-refractivity contribution >= 4 is 17.5 Å². The molecular formula is C21H23FN4O2S. The number of Topliss-reactive ketones (excluding diaryl/α,β-unsaturated/α-hetero) is 1. The Bertz CT molecular complexity index is 1020. The van der Waals surface area contributed by atoms with Gasteiger partial charge in [-0.2, -0.15) is 0 Å². The minimum absolute atomic E-state index is 0.0183. The van der Waals surface area contributed by atoms with Gasteiger partial charge in [-0.25, -0.2) is 4.39 Å². The maximum absolute atomic E-state index is 14.1. The lowest BCUT2D eigenvalue weighted by molar-refractivity contribution is 0.0957. The van der Waals surface area contributed by atoms with E-state index in [9.17, 15) is 9.18 Å². The molecular weight excluding hydrogens is 391 g/mol. The number of nitrogens with zero attached hydrogens (tertiary/aromatic N) is 4. The minimum Gasteiger partial charge on any atom is -0.376 e. The molecule has 0 spiro atoms. The van der Waals surface area contributed by atoms with Crippen molar-refractivity contribution in [3.05, 3.63) is 59.4 Å². The summed E-state index contributed by atoms with van der Waals surface area (Å²) >= 11 is 1.26. The molecule has 0 bridgehead atoms. The van der Waals surface area contributed by atoms with Crippen LogP contribution in [0.3, 0.4) is 0 Å². The third kappa shape index (κ3) is 4.13. The van der Waals surface area contributed by atoms with E-state index in [0.29, 0.717) is 16.4 Å². The second kappa shape index (κ2) is 8.51. The highest BCUT2D eigenvalue weighted by Gasteiger charge is 2.21. The van der Waals surface area contributed by atoms with Crippen molar-refractivity contribution < 1.29 is 13.9 Å². The van der Waals surface area contributed by atoms with Crippen molar-refractivity contribution in [3.8, 4) is 5.69 Å². The van der Waals surface area contributed by atoms with Crippen molar-refractivity contribution in [1.29, 1.82) is 0 Å². The second-order valence-corrected chi connectivity index (χ2v) is 8.12. The summed E-state index contributed by atoms with van der Waals surface area (Å²) in [6, 6.07) is 8.36. The van der Waals surface area contributed by atoms with E-state index in [0.717, 1.165) is 37.4 Å². The topological polar surface area (TPSA) is 61.9 Å². The summed E-state index contributed by atoms with van der Waals surface area (Å²) in [6.45, 7) is 5.58. The Morgan fingerprint density at radius 2 is 2.17 bits per heavy atom. The van der Waals surface area contributed by atoms with Crippen molar-refractivity contribution in [2.24, 2.45) is 0 Å². The zero-order valence-electron chi connectivity index (χ0n) is 16.5. The molecule has 1 fully saturated rings. The lowest BCUT2D eigenvalue weighted by atomic mass is 10.2. The monoisotopic (exact) mass is 414 g/mol. The Morgan fingerprint density at radius 3 is 2.93 bits per heavy atom. The Morgan fingerprint density at radius 1 is 1.34 bits per heavy atom. The molecule has 2 aromatic heterocycles. The first-order chi connectivity index (χ1) is 14.0. The van der Waals surface area contributed by atoms with E-state index >= 15 is 0 Å². The number of thioether (sulfide) groups is 1. The van der Waals surface area contributed by atoms with Crippen LogP contribution in [-0.2, 0) is 11.3 Å². The van der Waals surface area contributed by atoms with Gasteiger partial charge in [-0.05, 0) is 44.9 Å². The summed E-state index contributed by atoms with van der Waals surface area (Å²) in [5, 5.41) is 8.41. The SMILES string of the molecule is Cc1cc(C(=O)CSc2nncn2-c2ccccc2F)c(C)n1C[C@H]1CCCO1. The summed E-state index contributed by atoms with van der Waals surface area (Å²) in [7, 11) is 0. The zero-order chi connectivity index (χ0) is 20.4. The van der Waals surface area contributed by atoms with Gasteiger partial charge in [0.05, 0.1) is 17.5 Å². The molecule has 8 heteroatoms. The standard InChI is InChI=1S/C21H23FN4O2S/c1-14-10-17(15(2)25(14)11-16-6-5-9-28-16)20(27)12-29-21-24-23-13-26(21)19-8-4-3-7-18(19)22/h3-4,7-8,10,13,16H,5-6,9,11-12H2,1-2H3/t16-/m1/s1. The van der Waals surface area contributed by atoms with Gasteiger partial charge in [0, 0.05) is 30.1 Å². The molecule has 1 aliphatic heterocycles. The second-order valence-electron chi connectivity index (χ2n) is 7.18. The van der Waals surface area contributed by atoms with E-state index in [-0.39, 0.29) is 23.5 Å². The highest BCUT2D eigenvalue weighted by atomic mass is 32.2. The van der Waals surface area contributed by atoms with Gasteiger partial charge in [-0.3, -0.25) is 9.36 Å². The molecule has 0 N–H and O–H groups in total. The van der Waals surface area contributed by atoms with Crippen LogP contribution in [0.15, 0.2) is 41.8 Å². The number of rotatable bonds is 7. The molecule has 1 saturated heterocycles. The number of aromatic nitrogens is 4. The lowest BCUT2D eigenvalue weighted by Gasteiger charge is -2.14. The third-order valence-corrected chi connectivity index (χ3v) is 6.19. The maximum Gasteiger partial charge on any atom is 0.196 e. The lowest BCUT2D eigenvalue weighted by Crippen LogP contribution is -2.17. The van der Waals surface area contributed by atoms with E-state index in [1.54, 1.807) is 22.8 Å². The minimum atomic E-state index is -0.363. The molecule has 4 rings (SSSR count). The number of aryl methyl sites for hydroxylation is 1. The van der Waals surface area contributed by atoms with E-state index in [2.05, 4.69) is 14.8 Å².